The van der Waals surface area contributed by atoms with Gasteiger partial charge >= 0.3 is 5.97 Å². The van der Waals surface area contributed by atoms with E-state index in [0.717, 1.165) is 0 Å². The third kappa shape index (κ3) is 16.0. The minimum Gasteiger partial charge on any atom is -0.481 e. The van der Waals surface area contributed by atoms with E-state index in [4.69, 9.17) is 11.5 Å². The molecule has 6 amide bonds. The molecule has 1 aliphatic heterocycles. The highest BCUT2D eigenvalue weighted by Gasteiger charge is 2.33. The van der Waals surface area contributed by atoms with E-state index in [0.29, 0.717) is 31.4 Å². The first-order valence-corrected chi connectivity index (χ1v) is 16.3. The zero-order valence-electron chi connectivity index (χ0n) is 28.0. The van der Waals surface area contributed by atoms with Gasteiger partial charge in [-0.05, 0) is 43.6 Å². The maximum atomic E-state index is 13.8. The van der Waals surface area contributed by atoms with Crippen LogP contribution >= 0.6 is 0 Å². The van der Waals surface area contributed by atoms with E-state index >= 15 is 0 Å². The summed E-state index contributed by atoms with van der Waals surface area (Å²) < 4.78 is 0. The number of carbonyl (C=O) groups excluding carboxylic acids is 6. The Bertz CT molecular complexity index is 1330. The highest BCUT2D eigenvalue weighted by atomic mass is 16.4. The Morgan fingerprint density at radius 3 is 2.06 bits per heavy atom. The van der Waals surface area contributed by atoms with Crippen LogP contribution in [-0.2, 0) is 40.0 Å². The first-order chi connectivity index (χ1) is 23.2. The zero-order chi connectivity index (χ0) is 36.3. The largest absolute Gasteiger partial charge is 0.481 e. The van der Waals surface area contributed by atoms with Crippen LogP contribution in [0.4, 0.5) is 0 Å². The lowest BCUT2D eigenvalue weighted by molar-refractivity contribution is -0.141. The Hall–Kier alpha value is -5.22. The summed E-state index contributed by atoms with van der Waals surface area (Å²) in [6, 6.07) is 3.53. The number of rotatable bonds is 15. The van der Waals surface area contributed by atoms with Crippen LogP contribution in [0.1, 0.15) is 64.4 Å². The van der Waals surface area contributed by atoms with Crippen molar-refractivity contribution in [2.45, 2.75) is 89.4 Å². The van der Waals surface area contributed by atoms with E-state index in [1.165, 1.54) is 0 Å². The smallest absolute Gasteiger partial charge is 0.305 e. The average Bonchev–Trinajstić information content (AvgIpc) is 3.02. The van der Waals surface area contributed by atoms with Gasteiger partial charge in [-0.25, -0.2) is 0 Å². The molecule has 1 aromatic carbocycles. The molecule has 1 heterocycles. The van der Waals surface area contributed by atoms with Crippen molar-refractivity contribution in [2.75, 3.05) is 19.6 Å². The van der Waals surface area contributed by atoms with Gasteiger partial charge in [0.15, 0.2) is 5.96 Å². The zero-order valence-corrected chi connectivity index (χ0v) is 28.0. The first kappa shape index (κ1) is 40.0. The predicted octanol–water partition coefficient (Wildman–Crippen LogP) is -1.84. The maximum absolute atomic E-state index is 13.8. The fourth-order valence-corrected chi connectivity index (χ4v) is 4.98. The van der Waals surface area contributed by atoms with Gasteiger partial charge in [-0.15, -0.1) is 0 Å². The first-order valence-electron chi connectivity index (χ1n) is 16.3. The van der Waals surface area contributed by atoms with Gasteiger partial charge in [0.2, 0.25) is 35.4 Å². The second kappa shape index (κ2) is 20.9. The number of nitrogens with one attached hydrogen (secondary N) is 6. The van der Waals surface area contributed by atoms with Crippen molar-refractivity contribution in [3.8, 4) is 0 Å². The second-order valence-electron chi connectivity index (χ2n) is 12.2. The fourth-order valence-electron chi connectivity index (χ4n) is 4.98. The lowest BCUT2D eigenvalue weighted by Crippen LogP contribution is -2.58. The van der Waals surface area contributed by atoms with Gasteiger partial charge in [-0.1, -0.05) is 44.2 Å². The summed E-state index contributed by atoms with van der Waals surface area (Å²) in [6.07, 6.45) is 0.900. The topological polar surface area (TPSA) is 276 Å². The number of aliphatic imine (C=N–C) groups is 1. The van der Waals surface area contributed by atoms with E-state index in [2.05, 4.69) is 36.9 Å². The van der Waals surface area contributed by atoms with Crippen LogP contribution in [0.3, 0.4) is 0 Å². The van der Waals surface area contributed by atoms with Crippen molar-refractivity contribution in [3.05, 3.63) is 35.9 Å². The Kier molecular flexibility index (Phi) is 17.0. The number of unbranched alkanes of at least 4 members (excludes halogenated alkanes) is 1. The Labute approximate surface area is 285 Å². The van der Waals surface area contributed by atoms with Crippen LogP contribution in [0.2, 0.25) is 0 Å². The maximum Gasteiger partial charge on any atom is 0.305 e. The molecular formula is C32H49N9O8. The molecule has 270 valence electrons. The van der Waals surface area contributed by atoms with Gasteiger partial charge in [0.1, 0.15) is 24.2 Å². The number of carboxylic acid groups (broad SMARTS) is 1. The van der Waals surface area contributed by atoms with E-state index in [1.54, 1.807) is 30.3 Å². The molecule has 0 saturated carbocycles. The summed E-state index contributed by atoms with van der Waals surface area (Å²) in [4.78, 5) is 94.2. The number of carbonyl (C=O) groups is 7. The number of benzene rings is 1. The van der Waals surface area contributed by atoms with Crippen molar-refractivity contribution < 1.29 is 38.7 Å². The molecule has 4 atom stereocenters. The predicted molar refractivity (Wildman–Crippen MR) is 179 cm³/mol. The van der Waals surface area contributed by atoms with E-state index in [1.807, 2.05) is 13.8 Å². The van der Waals surface area contributed by atoms with Crippen LogP contribution in [0.15, 0.2) is 35.3 Å². The molecule has 1 aliphatic rings. The molecule has 49 heavy (non-hydrogen) atoms. The SMILES string of the molecule is CC(C)CC(=O)NCCCC[C@H]1NC(=O)[C@H](Cc2ccccc2)NC(=O)[C@H](CC(=O)O)NC(=O)CNC(=O)[C@H](CCCN=C(N)N)NC1=O. The van der Waals surface area contributed by atoms with Gasteiger partial charge < -0.3 is 48.5 Å². The van der Waals surface area contributed by atoms with Crippen LogP contribution in [0, 0.1) is 5.92 Å². The van der Waals surface area contributed by atoms with Gasteiger partial charge in [0.25, 0.3) is 0 Å². The van der Waals surface area contributed by atoms with Crippen LogP contribution < -0.4 is 43.4 Å². The summed E-state index contributed by atoms with van der Waals surface area (Å²) >= 11 is 0. The van der Waals surface area contributed by atoms with Crippen molar-refractivity contribution >= 4 is 47.4 Å². The fraction of sp³-hybridized carbons (Fsp3) is 0.562. The molecule has 0 aliphatic carbocycles. The highest BCUT2D eigenvalue weighted by Crippen LogP contribution is 2.09. The summed E-state index contributed by atoms with van der Waals surface area (Å²) in [7, 11) is 0. The molecule has 0 bridgehead atoms. The van der Waals surface area contributed by atoms with Crippen molar-refractivity contribution in [1.29, 1.82) is 0 Å². The number of hydrogen-bond acceptors (Lipinski definition) is 8. The van der Waals surface area contributed by atoms with Gasteiger partial charge in [0, 0.05) is 25.9 Å². The van der Waals surface area contributed by atoms with Crippen LogP contribution in [0.25, 0.3) is 0 Å². The number of hydrogen-bond donors (Lipinski definition) is 9. The Balaban J connectivity index is 2.40. The summed E-state index contributed by atoms with van der Waals surface area (Å²) in [5.41, 5.74) is 11.4. The summed E-state index contributed by atoms with van der Waals surface area (Å²) in [6.45, 7) is 3.73. The number of guanidine groups is 1. The molecule has 0 radical (unpaired) electrons. The van der Waals surface area contributed by atoms with Gasteiger partial charge in [-0.3, -0.25) is 38.6 Å². The van der Waals surface area contributed by atoms with E-state index in [-0.39, 0.29) is 50.0 Å². The van der Waals surface area contributed by atoms with E-state index in [9.17, 15) is 38.7 Å². The molecule has 0 unspecified atom stereocenters. The number of aliphatic carboxylic acids is 1. The van der Waals surface area contributed by atoms with Crippen molar-refractivity contribution in [3.63, 3.8) is 0 Å². The van der Waals surface area contributed by atoms with Crippen LogP contribution in [0.5, 0.6) is 0 Å². The highest BCUT2D eigenvalue weighted by molar-refractivity contribution is 5.98. The lowest BCUT2D eigenvalue weighted by Gasteiger charge is -2.26. The quantitative estimate of drug-likeness (QED) is 0.0564. The molecule has 17 heteroatoms. The van der Waals surface area contributed by atoms with Crippen molar-refractivity contribution in [1.82, 2.24) is 31.9 Å². The summed E-state index contributed by atoms with van der Waals surface area (Å²) in [5, 5.41) is 24.8. The third-order valence-electron chi connectivity index (χ3n) is 7.42. The van der Waals surface area contributed by atoms with Crippen LogP contribution in [-0.4, -0.2) is 96.3 Å². The van der Waals surface area contributed by atoms with Gasteiger partial charge in [-0.2, -0.15) is 0 Å². The molecule has 0 aromatic heterocycles. The number of nitrogens with two attached hydrogens (primary N) is 2. The average molecular weight is 688 g/mol. The normalized spacial score (nSPS) is 20.8. The molecular weight excluding hydrogens is 638 g/mol. The number of nitrogens with zero attached hydrogens (tertiary/aromatic N) is 1. The number of carboxylic acids is 1. The lowest BCUT2D eigenvalue weighted by atomic mass is 10.0. The molecule has 17 nitrogen and oxygen atoms in total. The monoisotopic (exact) mass is 687 g/mol. The molecule has 0 spiro atoms. The Morgan fingerprint density at radius 1 is 0.837 bits per heavy atom. The molecule has 2 rings (SSSR count). The van der Waals surface area contributed by atoms with E-state index < -0.39 is 72.6 Å². The Morgan fingerprint density at radius 2 is 1.43 bits per heavy atom. The van der Waals surface area contributed by atoms with Gasteiger partial charge in [0.05, 0.1) is 13.0 Å². The minimum atomic E-state index is -1.57. The number of amides is 6. The molecule has 1 saturated heterocycles. The minimum absolute atomic E-state index is 0.0180. The third-order valence-corrected chi connectivity index (χ3v) is 7.42. The standard InChI is InChI=1S/C32H49N9O8/c1-19(2)15-25(42)35-13-7-6-11-22-29(47)39-21(12-8-14-36-32(33)34)28(46)37-18-26(43)38-24(17-27(44)45)31(49)41-23(30(48)40-22)16-20-9-4-3-5-10-20/h3-5,9-10,19,21-24H,6-8,11-18H2,1-2H3,(H,35,42)(H,37,46)(H,38,43)(H,39,47)(H,40,48)(H,41,49)(H,44,45)(H4,33,34,36)/t21-,22+,23-,24-/m0/s1. The molecule has 1 aromatic rings. The van der Waals surface area contributed by atoms with Crippen molar-refractivity contribution in [2.24, 2.45) is 22.4 Å². The molecule has 11 N–H and O–H groups in total. The summed E-state index contributed by atoms with van der Waals surface area (Å²) in [5.74, 6) is -5.42. The second-order valence-corrected chi connectivity index (χ2v) is 12.2. The molecule has 1 fully saturated rings.